The van der Waals surface area contributed by atoms with Crippen molar-refractivity contribution in [2.24, 2.45) is 11.8 Å². The molecule has 1 saturated heterocycles. The Morgan fingerprint density at radius 1 is 1.38 bits per heavy atom. The van der Waals surface area contributed by atoms with Crippen LogP contribution in [0.5, 0.6) is 0 Å². The molecule has 5 nitrogen and oxygen atoms in total. The highest BCUT2D eigenvalue weighted by Crippen LogP contribution is 2.38. The number of hydrogen-bond acceptors (Lipinski definition) is 4. The average Bonchev–Trinajstić information content (AvgIpc) is 2.94. The molecule has 1 heterocycles. The molecule has 90 valence electrons. The van der Waals surface area contributed by atoms with Crippen molar-refractivity contribution in [3.05, 3.63) is 0 Å². The molecule has 1 aliphatic heterocycles. The van der Waals surface area contributed by atoms with Crippen molar-refractivity contribution in [3.8, 4) is 0 Å². The van der Waals surface area contributed by atoms with E-state index in [9.17, 15) is 9.59 Å². The summed E-state index contributed by atoms with van der Waals surface area (Å²) < 4.78 is 10.2. The van der Waals surface area contributed by atoms with Crippen LogP contribution in [0, 0.1) is 11.8 Å². The predicted octanol–water partition coefficient (Wildman–Crippen LogP) is 0.819. The van der Waals surface area contributed by atoms with Crippen LogP contribution in [-0.4, -0.2) is 36.4 Å². The second kappa shape index (κ2) is 4.82. The number of esters is 1. The maximum absolute atomic E-state index is 11.5. The third kappa shape index (κ3) is 2.95. The minimum Gasteiger partial charge on any atom is -0.481 e. The molecule has 2 aliphatic rings. The minimum absolute atomic E-state index is 0.00347. The van der Waals surface area contributed by atoms with Gasteiger partial charge in [0.25, 0.3) is 0 Å². The summed E-state index contributed by atoms with van der Waals surface area (Å²) in [6.45, 7) is 1.05. The summed E-state index contributed by atoms with van der Waals surface area (Å²) in [6, 6.07) is 0. The van der Waals surface area contributed by atoms with Gasteiger partial charge in [-0.1, -0.05) is 0 Å². The summed E-state index contributed by atoms with van der Waals surface area (Å²) in [7, 11) is 0. The SMILES string of the molecule is O=C(C[C@H](C(=O)O)C1CC1)O[C@H]1CCOC1. The Kier molecular flexibility index (Phi) is 3.43. The molecule has 2 fully saturated rings. The number of carbonyl (C=O) groups excluding carboxylic acids is 1. The molecular weight excluding hydrogens is 212 g/mol. The highest BCUT2D eigenvalue weighted by Gasteiger charge is 2.38. The predicted molar refractivity (Wildman–Crippen MR) is 53.8 cm³/mol. The number of carboxylic acid groups (broad SMARTS) is 1. The van der Waals surface area contributed by atoms with Gasteiger partial charge in [0.2, 0.25) is 0 Å². The number of carbonyl (C=O) groups is 2. The molecule has 0 aromatic carbocycles. The highest BCUT2D eigenvalue weighted by atomic mass is 16.6. The zero-order valence-electron chi connectivity index (χ0n) is 9.05. The Balaban J connectivity index is 1.77. The molecule has 1 aliphatic carbocycles. The van der Waals surface area contributed by atoms with E-state index < -0.39 is 17.9 Å². The standard InChI is InChI=1S/C11H16O5/c12-10(16-8-3-4-15-6-8)5-9(11(13)14)7-1-2-7/h7-9H,1-6H2,(H,13,14)/t8-,9-/m0/s1. The molecule has 0 unspecified atom stereocenters. The largest absolute Gasteiger partial charge is 0.481 e. The van der Waals surface area contributed by atoms with Crippen molar-refractivity contribution in [2.75, 3.05) is 13.2 Å². The van der Waals surface area contributed by atoms with Crippen LogP contribution < -0.4 is 0 Å². The number of hydrogen-bond donors (Lipinski definition) is 1. The number of ether oxygens (including phenoxy) is 2. The van der Waals surface area contributed by atoms with Crippen molar-refractivity contribution < 1.29 is 24.2 Å². The van der Waals surface area contributed by atoms with Gasteiger partial charge in [0.1, 0.15) is 6.10 Å². The van der Waals surface area contributed by atoms with Crippen molar-refractivity contribution in [2.45, 2.75) is 31.8 Å². The summed E-state index contributed by atoms with van der Waals surface area (Å²) in [6.07, 6.45) is 2.36. The van der Waals surface area contributed by atoms with Crippen molar-refractivity contribution in [1.82, 2.24) is 0 Å². The quantitative estimate of drug-likeness (QED) is 0.705. The first kappa shape index (κ1) is 11.4. The van der Waals surface area contributed by atoms with Crippen LogP contribution in [0.1, 0.15) is 25.7 Å². The Morgan fingerprint density at radius 3 is 2.62 bits per heavy atom. The maximum Gasteiger partial charge on any atom is 0.307 e. The maximum atomic E-state index is 11.5. The highest BCUT2D eigenvalue weighted by molar-refractivity contribution is 5.79. The fourth-order valence-electron chi connectivity index (χ4n) is 1.97. The number of carboxylic acids is 1. The molecule has 0 radical (unpaired) electrons. The lowest BCUT2D eigenvalue weighted by molar-refractivity contribution is -0.155. The van der Waals surface area contributed by atoms with Crippen LogP contribution in [0.15, 0.2) is 0 Å². The van der Waals surface area contributed by atoms with E-state index in [0.29, 0.717) is 19.6 Å². The first-order chi connectivity index (χ1) is 7.66. The van der Waals surface area contributed by atoms with Crippen molar-refractivity contribution in [1.29, 1.82) is 0 Å². The molecule has 16 heavy (non-hydrogen) atoms. The zero-order valence-corrected chi connectivity index (χ0v) is 9.05. The van der Waals surface area contributed by atoms with Gasteiger partial charge < -0.3 is 14.6 Å². The smallest absolute Gasteiger partial charge is 0.307 e. The summed E-state index contributed by atoms with van der Waals surface area (Å²) in [5.74, 6) is -1.68. The van der Waals surface area contributed by atoms with E-state index in [4.69, 9.17) is 14.6 Å². The van der Waals surface area contributed by atoms with Crippen LogP contribution in [0.4, 0.5) is 0 Å². The van der Waals surface area contributed by atoms with Gasteiger partial charge in [0.15, 0.2) is 0 Å². The van der Waals surface area contributed by atoms with E-state index in [1.165, 1.54) is 0 Å². The van der Waals surface area contributed by atoms with E-state index in [2.05, 4.69) is 0 Å². The molecule has 1 N–H and O–H groups in total. The number of aliphatic carboxylic acids is 1. The van der Waals surface area contributed by atoms with E-state index in [0.717, 1.165) is 12.8 Å². The van der Waals surface area contributed by atoms with Gasteiger partial charge in [-0.2, -0.15) is 0 Å². The van der Waals surface area contributed by atoms with E-state index >= 15 is 0 Å². The lowest BCUT2D eigenvalue weighted by atomic mass is 10.0. The second-order valence-corrected chi connectivity index (χ2v) is 4.46. The second-order valence-electron chi connectivity index (χ2n) is 4.46. The zero-order chi connectivity index (χ0) is 11.5. The lowest BCUT2D eigenvalue weighted by Gasteiger charge is -2.13. The fourth-order valence-corrected chi connectivity index (χ4v) is 1.97. The van der Waals surface area contributed by atoms with Crippen LogP contribution in [0.25, 0.3) is 0 Å². The Morgan fingerprint density at radius 2 is 2.12 bits per heavy atom. The monoisotopic (exact) mass is 228 g/mol. The molecule has 0 amide bonds. The summed E-state index contributed by atoms with van der Waals surface area (Å²) >= 11 is 0. The number of rotatable bonds is 5. The molecule has 0 bridgehead atoms. The van der Waals surface area contributed by atoms with E-state index in [1.807, 2.05) is 0 Å². The Labute approximate surface area is 93.7 Å². The van der Waals surface area contributed by atoms with Crippen molar-refractivity contribution in [3.63, 3.8) is 0 Å². The van der Waals surface area contributed by atoms with Crippen LogP contribution in [0.2, 0.25) is 0 Å². The first-order valence-corrected chi connectivity index (χ1v) is 5.67. The van der Waals surface area contributed by atoms with Crippen molar-refractivity contribution >= 4 is 11.9 Å². The molecule has 5 heteroatoms. The van der Waals surface area contributed by atoms with Crippen LogP contribution >= 0.6 is 0 Å². The molecular formula is C11H16O5. The van der Waals surface area contributed by atoms with E-state index in [1.54, 1.807) is 0 Å². The van der Waals surface area contributed by atoms with Crippen LogP contribution in [-0.2, 0) is 19.1 Å². The molecule has 2 atom stereocenters. The van der Waals surface area contributed by atoms with Gasteiger partial charge in [0.05, 0.1) is 25.6 Å². The summed E-state index contributed by atoms with van der Waals surface area (Å²) in [5, 5.41) is 8.96. The molecule has 0 aromatic rings. The molecule has 0 aromatic heterocycles. The molecule has 2 rings (SSSR count). The van der Waals surface area contributed by atoms with Crippen LogP contribution in [0.3, 0.4) is 0 Å². The lowest BCUT2D eigenvalue weighted by Crippen LogP contribution is -2.24. The van der Waals surface area contributed by atoms with Gasteiger partial charge in [-0.25, -0.2) is 0 Å². The summed E-state index contributed by atoms with van der Waals surface area (Å²) in [5.41, 5.74) is 0. The fraction of sp³-hybridized carbons (Fsp3) is 0.818. The topological polar surface area (TPSA) is 72.8 Å². The molecule has 0 spiro atoms. The average molecular weight is 228 g/mol. The van der Waals surface area contributed by atoms with Gasteiger partial charge in [-0.05, 0) is 18.8 Å². The normalized spacial score (nSPS) is 26.4. The first-order valence-electron chi connectivity index (χ1n) is 5.67. The minimum atomic E-state index is -0.887. The van der Waals surface area contributed by atoms with Gasteiger partial charge in [-0.3, -0.25) is 9.59 Å². The summed E-state index contributed by atoms with van der Waals surface area (Å²) in [4.78, 5) is 22.4. The third-order valence-corrected chi connectivity index (χ3v) is 3.08. The Bertz CT molecular complexity index is 278. The molecule has 1 saturated carbocycles. The van der Waals surface area contributed by atoms with Gasteiger partial charge >= 0.3 is 11.9 Å². The van der Waals surface area contributed by atoms with Gasteiger partial charge in [0, 0.05) is 6.42 Å². The van der Waals surface area contributed by atoms with Gasteiger partial charge in [-0.15, -0.1) is 0 Å². The third-order valence-electron chi connectivity index (χ3n) is 3.08. The van der Waals surface area contributed by atoms with E-state index in [-0.39, 0.29) is 18.4 Å². The Hall–Kier alpha value is -1.10.